The van der Waals surface area contributed by atoms with E-state index in [1.807, 2.05) is 0 Å². The van der Waals surface area contributed by atoms with Gasteiger partial charge in [0.05, 0.1) is 5.69 Å². The number of nitrogens with one attached hydrogen (secondary N) is 2. The fraction of sp³-hybridized carbons (Fsp3) is 0.556. The van der Waals surface area contributed by atoms with Gasteiger partial charge in [-0.2, -0.15) is 0 Å². The molecule has 2 fully saturated rings. The summed E-state index contributed by atoms with van der Waals surface area (Å²) >= 11 is 0. The van der Waals surface area contributed by atoms with Crippen LogP contribution in [0.5, 0.6) is 0 Å². The summed E-state index contributed by atoms with van der Waals surface area (Å²) in [6.45, 7) is 3.39. The second-order valence-corrected chi connectivity index (χ2v) is 7.14. The lowest BCUT2D eigenvalue weighted by molar-refractivity contribution is -0.117. The highest BCUT2D eigenvalue weighted by molar-refractivity contribution is 5.96. The highest BCUT2D eigenvalue weighted by Gasteiger charge is 2.29. The number of hydrogen-bond donors (Lipinski definition) is 2. The number of carbonyl (C=O) groups is 2. The summed E-state index contributed by atoms with van der Waals surface area (Å²) in [4.78, 5) is 25.5. The zero-order chi connectivity index (χ0) is 17.2. The van der Waals surface area contributed by atoms with Crippen LogP contribution in [0.25, 0.3) is 0 Å². The maximum atomic E-state index is 14.0. The van der Waals surface area contributed by atoms with E-state index in [0.29, 0.717) is 25.2 Å². The number of urea groups is 1. The zero-order valence-electron chi connectivity index (χ0n) is 14.0. The monoisotopic (exact) mass is 333 g/mol. The smallest absolute Gasteiger partial charge is 0.319 e. The Balaban J connectivity index is 1.63. The number of nitrogens with zero attached hydrogens (tertiary/aromatic N) is 1. The largest absolute Gasteiger partial charge is 0.337 e. The molecule has 1 aromatic carbocycles. The Kier molecular flexibility index (Phi) is 4.73. The molecule has 1 aromatic rings. The summed E-state index contributed by atoms with van der Waals surface area (Å²) < 4.78 is 14.0. The second-order valence-electron chi connectivity index (χ2n) is 7.14. The molecule has 0 unspecified atom stereocenters. The van der Waals surface area contributed by atoms with E-state index in [2.05, 4.69) is 17.6 Å². The standard InChI is InChI=1S/C18H24FN3O2/c1-18(8-2-3-9-18)12-20-17(24)21-15-11-13(6-7-14(15)19)22-10-4-5-16(22)23/h6-7,11H,2-5,8-10,12H2,1H3,(H2,20,21,24). The molecular weight excluding hydrogens is 309 g/mol. The van der Waals surface area contributed by atoms with Crippen molar-refractivity contribution in [1.82, 2.24) is 5.32 Å². The molecule has 2 N–H and O–H groups in total. The number of hydrogen-bond acceptors (Lipinski definition) is 2. The fourth-order valence-electron chi connectivity index (χ4n) is 3.56. The van der Waals surface area contributed by atoms with Crippen molar-refractivity contribution in [3.8, 4) is 0 Å². The average molecular weight is 333 g/mol. The number of carbonyl (C=O) groups excluding carboxylic acids is 2. The Labute approximate surface area is 141 Å². The maximum absolute atomic E-state index is 14.0. The minimum atomic E-state index is -0.507. The van der Waals surface area contributed by atoms with E-state index >= 15 is 0 Å². The van der Waals surface area contributed by atoms with Gasteiger partial charge >= 0.3 is 6.03 Å². The molecule has 0 aromatic heterocycles. The Morgan fingerprint density at radius 3 is 2.71 bits per heavy atom. The molecule has 24 heavy (non-hydrogen) atoms. The third-order valence-corrected chi connectivity index (χ3v) is 5.07. The van der Waals surface area contributed by atoms with Crippen LogP contribution in [0.3, 0.4) is 0 Å². The van der Waals surface area contributed by atoms with E-state index in [-0.39, 0.29) is 17.0 Å². The maximum Gasteiger partial charge on any atom is 0.319 e. The van der Waals surface area contributed by atoms with E-state index in [4.69, 9.17) is 0 Å². The molecule has 3 amide bonds. The molecule has 2 aliphatic rings. The van der Waals surface area contributed by atoms with Gasteiger partial charge in [0.25, 0.3) is 0 Å². The molecule has 0 atom stereocenters. The molecule has 1 aliphatic heterocycles. The van der Waals surface area contributed by atoms with E-state index in [9.17, 15) is 14.0 Å². The van der Waals surface area contributed by atoms with Crippen molar-refractivity contribution in [2.24, 2.45) is 5.41 Å². The van der Waals surface area contributed by atoms with Crippen LogP contribution in [0.2, 0.25) is 0 Å². The molecular formula is C18H24FN3O2. The van der Waals surface area contributed by atoms with Gasteiger partial charge in [-0.05, 0) is 42.9 Å². The van der Waals surface area contributed by atoms with Crippen LogP contribution in [-0.4, -0.2) is 25.0 Å². The number of benzene rings is 1. The van der Waals surface area contributed by atoms with E-state index in [1.54, 1.807) is 11.0 Å². The fourth-order valence-corrected chi connectivity index (χ4v) is 3.56. The normalized spacial score (nSPS) is 19.6. The first kappa shape index (κ1) is 16.7. The van der Waals surface area contributed by atoms with Crippen LogP contribution in [-0.2, 0) is 4.79 Å². The molecule has 0 radical (unpaired) electrons. The highest BCUT2D eigenvalue weighted by atomic mass is 19.1. The molecule has 1 saturated heterocycles. The molecule has 1 saturated carbocycles. The SMILES string of the molecule is CC1(CNC(=O)Nc2cc(N3CCCC3=O)ccc2F)CCCC1. The van der Waals surface area contributed by atoms with Crippen molar-refractivity contribution in [3.63, 3.8) is 0 Å². The summed E-state index contributed by atoms with van der Waals surface area (Å²) in [5.74, 6) is -0.473. The van der Waals surface area contributed by atoms with Crippen LogP contribution >= 0.6 is 0 Å². The van der Waals surface area contributed by atoms with Crippen molar-refractivity contribution in [3.05, 3.63) is 24.0 Å². The van der Waals surface area contributed by atoms with E-state index in [0.717, 1.165) is 19.3 Å². The van der Waals surface area contributed by atoms with Crippen LogP contribution in [0.4, 0.5) is 20.6 Å². The minimum absolute atomic E-state index is 0.0335. The predicted octanol–water partition coefficient (Wildman–Crippen LogP) is 3.65. The van der Waals surface area contributed by atoms with Gasteiger partial charge < -0.3 is 15.5 Å². The Hall–Kier alpha value is -2.11. The Morgan fingerprint density at radius 2 is 2.04 bits per heavy atom. The van der Waals surface area contributed by atoms with Crippen LogP contribution in [0, 0.1) is 11.2 Å². The number of amides is 3. The molecule has 0 spiro atoms. The summed E-state index contributed by atoms with van der Waals surface area (Å²) in [6, 6.07) is 3.97. The highest BCUT2D eigenvalue weighted by Crippen LogP contribution is 2.36. The first-order valence-electron chi connectivity index (χ1n) is 8.62. The number of anilines is 2. The second kappa shape index (κ2) is 6.79. The van der Waals surface area contributed by atoms with Crippen LogP contribution in [0.15, 0.2) is 18.2 Å². The van der Waals surface area contributed by atoms with Crippen LogP contribution < -0.4 is 15.5 Å². The first-order chi connectivity index (χ1) is 11.5. The number of halogens is 1. The van der Waals surface area contributed by atoms with Gasteiger partial charge in [0.1, 0.15) is 5.82 Å². The van der Waals surface area contributed by atoms with Crippen molar-refractivity contribution in [2.75, 3.05) is 23.3 Å². The summed E-state index contributed by atoms with van der Waals surface area (Å²) in [7, 11) is 0. The van der Waals surface area contributed by atoms with E-state index < -0.39 is 11.8 Å². The molecule has 6 heteroatoms. The van der Waals surface area contributed by atoms with Crippen LogP contribution in [0.1, 0.15) is 45.4 Å². The Morgan fingerprint density at radius 1 is 1.29 bits per heavy atom. The zero-order valence-corrected chi connectivity index (χ0v) is 14.0. The lowest BCUT2D eigenvalue weighted by Crippen LogP contribution is -2.37. The summed E-state index contributed by atoms with van der Waals surface area (Å²) in [5.41, 5.74) is 0.859. The molecule has 0 bridgehead atoms. The third kappa shape index (κ3) is 3.68. The molecule has 5 nitrogen and oxygen atoms in total. The molecule has 3 rings (SSSR count). The number of rotatable bonds is 4. The van der Waals surface area contributed by atoms with Gasteiger partial charge in [-0.25, -0.2) is 9.18 Å². The topological polar surface area (TPSA) is 61.4 Å². The minimum Gasteiger partial charge on any atom is -0.337 e. The third-order valence-electron chi connectivity index (χ3n) is 5.07. The predicted molar refractivity (Wildman–Crippen MR) is 91.6 cm³/mol. The summed E-state index contributed by atoms with van der Waals surface area (Å²) in [6.07, 6.45) is 5.92. The van der Waals surface area contributed by atoms with E-state index in [1.165, 1.54) is 25.0 Å². The average Bonchev–Trinajstić information content (AvgIpc) is 3.17. The van der Waals surface area contributed by atoms with Gasteiger partial charge in [0.15, 0.2) is 0 Å². The van der Waals surface area contributed by atoms with Gasteiger partial charge in [-0.15, -0.1) is 0 Å². The molecule has 1 heterocycles. The molecule has 130 valence electrons. The van der Waals surface area contributed by atoms with Gasteiger partial charge in [0, 0.05) is 25.2 Å². The first-order valence-corrected chi connectivity index (χ1v) is 8.62. The molecule has 1 aliphatic carbocycles. The van der Waals surface area contributed by atoms with Crippen molar-refractivity contribution in [1.29, 1.82) is 0 Å². The quantitative estimate of drug-likeness (QED) is 0.883. The van der Waals surface area contributed by atoms with Gasteiger partial charge in [-0.1, -0.05) is 19.8 Å². The van der Waals surface area contributed by atoms with Gasteiger partial charge in [0.2, 0.25) is 5.91 Å². The van der Waals surface area contributed by atoms with Crippen molar-refractivity contribution >= 4 is 23.3 Å². The van der Waals surface area contributed by atoms with Crippen molar-refractivity contribution < 1.29 is 14.0 Å². The Bertz CT molecular complexity index is 641. The lowest BCUT2D eigenvalue weighted by Gasteiger charge is -2.24. The lowest BCUT2D eigenvalue weighted by atomic mass is 9.89. The summed E-state index contributed by atoms with van der Waals surface area (Å²) in [5, 5.41) is 5.41. The van der Waals surface area contributed by atoms with Gasteiger partial charge in [-0.3, -0.25) is 4.79 Å². The van der Waals surface area contributed by atoms with Crippen molar-refractivity contribution in [2.45, 2.75) is 45.4 Å².